The van der Waals surface area contributed by atoms with Crippen molar-refractivity contribution in [3.8, 4) is 5.82 Å². The first kappa shape index (κ1) is 16.9. The molecule has 9 nitrogen and oxygen atoms in total. The summed E-state index contributed by atoms with van der Waals surface area (Å²) in [5.41, 5.74) is 2.48. The topological polar surface area (TPSA) is 99.1 Å². The van der Waals surface area contributed by atoms with E-state index >= 15 is 0 Å². The number of rotatable bonds is 4. The monoisotopic (exact) mass is 385 g/mol. The zero-order valence-corrected chi connectivity index (χ0v) is 15.1. The largest absolute Gasteiger partial charge is 0.350 e. The number of nitrogens with zero attached hydrogens (tertiary/aromatic N) is 6. The van der Waals surface area contributed by atoms with Gasteiger partial charge in [-0.15, -0.1) is 5.10 Å². The lowest BCUT2D eigenvalue weighted by molar-refractivity contribution is -0.117. The van der Waals surface area contributed by atoms with Crippen molar-refractivity contribution >= 4 is 28.3 Å². The lowest BCUT2D eigenvalue weighted by Crippen LogP contribution is -2.28. The number of carbonyl (C=O) groups is 1. The van der Waals surface area contributed by atoms with Crippen LogP contribution in [0.4, 0.5) is 5.69 Å². The lowest BCUT2D eigenvalue weighted by Gasteiger charge is -2.07. The van der Waals surface area contributed by atoms with Gasteiger partial charge >= 0.3 is 5.69 Å². The average molecular weight is 385 g/mol. The van der Waals surface area contributed by atoms with Gasteiger partial charge in [0.15, 0.2) is 5.65 Å². The molecule has 29 heavy (non-hydrogen) atoms. The van der Waals surface area contributed by atoms with E-state index in [1.807, 2.05) is 28.8 Å². The van der Waals surface area contributed by atoms with E-state index in [4.69, 9.17) is 0 Å². The molecule has 1 amide bonds. The van der Waals surface area contributed by atoms with Gasteiger partial charge in [-0.05, 0) is 36.4 Å². The second-order valence-corrected chi connectivity index (χ2v) is 6.43. The fraction of sp³-hybridized carbons (Fsp3) is 0.0500. The number of anilines is 1. The molecule has 1 N–H and O–H groups in total. The Hall–Kier alpha value is -4.27. The fourth-order valence-corrected chi connectivity index (χ4v) is 3.15. The highest BCUT2D eigenvalue weighted by atomic mass is 16.2. The highest BCUT2D eigenvalue weighted by Crippen LogP contribution is 2.17. The molecule has 0 radical (unpaired) electrons. The van der Waals surface area contributed by atoms with Crippen molar-refractivity contribution in [2.75, 3.05) is 5.32 Å². The number of aromatic nitrogens is 6. The Morgan fingerprint density at radius 2 is 1.86 bits per heavy atom. The Morgan fingerprint density at radius 3 is 2.69 bits per heavy atom. The maximum atomic E-state index is 12.3. The molecule has 0 fully saturated rings. The van der Waals surface area contributed by atoms with Crippen molar-refractivity contribution in [2.45, 2.75) is 6.54 Å². The van der Waals surface area contributed by atoms with Crippen LogP contribution in [0.2, 0.25) is 0 Å². The molecule has 5 aromatic rings. The van der Waals surface area contributed by atoms with Crippen LogP contribution in [0.3, 0.4) is 0 Å². The first-order chi connectivity index (χ1) is 14.2. The molecule has 9 heteroatoms. The summed E-state index contributed by atoms with van der Waals surface area (Å²) in [5, 5.41) is 6.89. The molecular formula is C20H15N7O2. The molecule has 0 spiro atoms. The van der Waals surface area contributed by atoms with Crippen molar-refractivity contribution < 1.29 is 4.79 Å². The summed E-state index contributed by atoms with van der Waals surface area (Å²) >= 11 is 0. The number of para-hydroxylation sites is 2. The average Bonchev–Trinajstić information content (AvgIpc) is 3.30. The molecule has 4 aromatic heterocycles. The summed E-state index contributed by atoms with van der Waals surface area (Å²) in [4.78, 5) is 33.4. The molecule has 5 rings (SSSR count). The van der Waals surface area contributed by atoms with Gasteiger partial charge in [-0.1, -0.05) is 18.2 Å². The Bertz CT molecular complexity index is 1400. The van der Waals surface area contributed by atoms with Gasteiger partial charge in [-0.3, -0.25) is 13.8 Å². The number of nitrogens with one attached hydrogen (secondary N) is 1. The molecule has 0 bridgehead atoms. The molecule has 0 aliphatic heterocycles. The van der Waals surface area contributed by atoms with Crippen LogP contribution in [0, 0.1) is 0 Å². The third kappa shape index (κ3) is 3.04. The van der Waals surface area contributed by atoms with Gasteiger partial charge in [-0.25, -0.2) is 19.4 Å². The standard InChI is InChI=1S/C20H15N7O2/c28-19(12-27-20(29)25-10-4-3-7-18(25)24-27)23-14-8-9-17(21-11-14)26-13-22-15-5-1-2-6-16(15)26/h1-11,13H,12H2,(H,23,28). The zero-order valence-electron chi connectivity index (χ0n) is 15.1. The summed E-state index contributed by atoms with van der Waals surface area (Å²) < 4.78 is 4.39. The first-order valence-corrected chi connectivity index (χ1v) is 8.92. The number of imidazole rings is 1. The van der Waals surface area contributed by atoms with E-state index in [9.17, 15) is 9.59 Å². The summed E-state index contributed by atoms with van der Waals surface area (Å²) in [6.07, 6.45) is 4.89. The summed E-state index contributed by atoms with van der Waals surface area (Å²) in [6, 6.07) is 16.5. The molecule has 0 unspecified atom stereocenters. The third-order valence-corrected chi connectivity index (χ3v) is 4.51. The number of amides is 1. The second kappa shape index (κ2) is 6.71. The maximum Gasteiger partial charge on any atom is 0.350 e. The lowest BCUT2D eigenvalue weighted by atomic mass is 10.3. The van der Waals surface area contributed by atoms with E-state index in [1.54, 1.807) is 49.1 Å². The van der Waals surface area contributed by atoms with E-state index in [-0.39, 0.29) is 18.1 Å². The molecule has 0 saturated heterocycles. The zero-order chi connectivity index (χ0) is 19.8. The molecule has 0 aliphatic rings. The molecule has 4 heterocycles. The van der Waals surface area contributed by atoms with E-state index in [2.05, 4.69) is 20.4 Å². The minimum absolute atomic E-state index is 0.186. The Balaban J connectivity index is 1.33. The predicted molar refractivity (Wildman–Crippen MR) is 107 cm³/mol. The van der Waals surface area contributed by atoms with E-state index in [1.165, 1.54) is 4.40 Å². The van der Waals surface area contributed by atoms with Gasteiger partial charge in [0.2, 0.25) is 5.91 Å². The van der Waals surface area contributed by atoms with Crippen LogP contribution in [-0.2, 0) is 11.3 Å². The first-order valence-electron chi connectivity index (χ1n) is 8.92. The normalized spacial score (nSPS) is 11.2. The van der Waals surface area contributed by atoms with Gasteiger partial charge in [0.05, 0.1) is 22.9 Å². The highest BCUT2D eigenvalue weighted by molar-refractivity contribution is 5.90. The van der Waals surface area contributed by atoms with Crippen LogP contribution in [0.25, 0.3) is 22.5 Å². The second-order valence-electron chi connectivity index (χ2n) is 6.43. The third-order valence-electron chi connectivity index (χ3n) is 4.51. The smallest absolute Gasteiger partial charge is 0.323 e. The summed E-state index contributed by atoms with van der Waals surface area (Å²) in [6.45, 7) is -0.186. The number of hydrogen-bond acceptors (Lipinski definition) is 5. The molecule has 142 valence electrons. The van der Waals surface area contributed by atoms with Crippen LogP contribution in [0.5, 0.6) is 0 Å². The van der Waals surface area contributed by atoms with Crippen LogP contribution >= 0.6 is 0 Å². The van der Waals surface area contributed by atoms with Gasteiger partial charge in [-0.2, -0.15) is 0 Å². The maximum absolute atomic E-state index is 12.3. The Labute approximate surface area is 163 Å². The number of fused-ring (bicyclic) bond motifs is 2. The minimum Gasteiger partial charge on any atom is -0.323 e. The van der Waals surface area contributed by atoms with Gasteiger partial charge in [0.25, 0.3) is 0 Å². The molecule has 0 atom stereocenters. The molecule has 0 aliphatic carbocycles. The van der Waals surface area contributed by atoms with Crippen molar-refractivity contribution in [1.29, 1.82) is 0 Å². The molecular weight excluding hydrogens is 370 g/mol. The Morgan fingerprint density at radius 1 is 1.00 bits per heavy atom. The van der Waals surface area contributed by atoms with E-state index < -0.39 is 0 Å². The van der Waals surface area contributed by atoms with Crippen LogP contribution in [0.1, 0.15) is 0 Å². The van der Waals surface area contributed by atoms with Crippen LogP contribution in [-0.4, -0.2) is 34.6 Å². The highest BCUT2D eigenvalue weighted by Gasteiger charge is 2.11. The number of benzene rings is 1. The van der Waals surface area contributed by atoms with E-state index in [0.29, 0.717) is 17.2 Å². The van der Waals surface area contributed by atoms with Crippen LogP contribution < -0.4 is 11.0 Å². The number of hydrogen-bond donors (Lipinski definition) is 1. The van der Waals surface area contributed by atoms with Gasteiger partial charge < -0.3 is 5.32 Å². The summed E-state index contributed by atoms with van der Waals surface area (Å²) in [5.74, 6) is 0.325. The van der Waals surface area contributed by atoms with Gasteiger partial charge in [0.1, 0.15) is 18.7 Å². The number of carbonyl (C=O) groups excluding carboxylic acids is 1. The van der Waals surface area contributed by atoms with Crippen molar-refractivity contribution in [3.63, 3.8) is 0 Å². The van der Waals surface area contributed by atoms with Crippen molar-refractivity contribution in [1.82, 2.24) is 28.7 Å². The minimum atomic E-state index is -0.365. The Kier molecular flexibility index (Phi) is 3.91. The summed E-state index contributed by atoms with van der Waals surface area (Å²) in [7, 11) is 0. The van der Waals surface area contributed by atoms with Gasteiger partial charge in [0, 0.05) is 6.20 Å². The molecule has 0 saturated carbocycles. The number of pyridine rings is 2. The van der Waals surface area contributed by atoms with E-state index in [0.717, 1.165) is 15.7 Å². The SMILES string of the molecule is O=C(Cn1nc2ccccn2c1=O)Nc1ccc(-n2cnc3ccccc32)nc1. The predicted octanol–water partition coefficient (Wildman–Crippen LogP) is 1.87. The molecule has 1 aromatic carbocycles. The van der Waals surface area contributed by atoms with Crippen molar-refractivity contribution in [2.24, 2.45) is 0 Å². The fourth-order valence-electron chi connectivity index (χ4n) is 3.15. The van der Waals surface area contributed by atoms with Crippen molar-refractivity contribution in [3.05, 3.63) is 83.8 Å². The quantitative estimate of drug-likeness (QED) is 0.509. The van der Waals surface area contributed by atoms with Crippen LogP contribution in [0.15, 0.2) is 78.1 Å².